The second-order valence-electron chi connectivity index (χ2n) is 3.82. The van der Waals surface area contributed by atoms with Crippen molar-refractivity contribution in [2.24, 2.45) is 7.05 Å². The zero-order valence-electron chi connectivity index (χ0n) is 9.63. The van der Waals surface area contributed by atoms with Gasteiger partial charge in [0.15, 0.2) is 0 Å². The van der Waals surface area contributed by atoms with E-state index >= 15 is 0 Å². The van der Waals surface area contributed by atoms with Gasteiger partial charge >= 0.3 is 0 Å². The molecule has 0 unspecified atom stereocenters. The van der Waals surface area contributed by atoms with Gasteiger partial charge in [-0.15, -0.1) is 10.2 Å². The molecule has 1 N–H and O–H groups in total. The van der Waals surface area contributed by atoms with Gasteiger partial charge in [0, 0.05) is 19.2 Å². The molecule has 1 amide bonds. The van der Waals surface area contributed by atoms with Gasteiger partial charge in [0.2, 0.25) is 6.41 Å². The fraction of sp³-hybridized carbons (Fsp3) is 0.250. The summed E-state index contributed by atoms with van der Waals surface area (Å²) in [6, 6.07) is 7.79. The molecule has 0 aliphatic heterocycles. The van der Waals surface area contributed by atoms with Gasteiger partial charge in [-0.2, -0.15) is 0 Å². The fourth-order valence-corrected chi connectivity index (χ4v) is 1.67. The Labute approximate surface area is 99.5 Å². The van der Waals surface area contributed by atoms with Crippen molar-refractivity contribution >= 4 is 12.1 Å². The van der Waals surface area contributed by atoms with E-state index in [9.17, 15) is 4.79 Å². The first-order chi connectivity index (χ1) is 8.29. The van der Waals surface area contributed by atoms with Gasteiger partial charge in [0.05, 0.1) is 0 Å². The number of hydrogen-bond acceptors (Lipinski definition) is 3. The number of carbonyl (C=O) groups excluding carboxylic acids is 1. The standard InChI is InChI=1S/C12H14N4O/c1-16-8-14-15-12(16)6-5-10-3-2-4-11(7-10)13-9-17/h2-4,7-9H,5-6H2,1H3,(H,13,17). The first-order valence-corrected chi connectivity index (χ1v) is 5.41. The zero-order valence-corrected chi connectivity index (χ0v) is 9.63. The molecular formula is C12H14N4O. The Balaban J connectivity index is 2.01. The minimum absolute atomic E-state index is 0.682. The highest BCUT2D eigenvalue weighted by Gasteiger charge is 2.02. The largest absolute Gasteiger partial charge is 0.329 e. The molecule has 0 spiro atoms. The van der Waals surface area contributed by atoms with Gasteiger partial charge in [-0.05, 0) is 24.1 Å². The lowest BCUT2D eigenvalue weighted by Crippen LogP contribution is -2.00. The maximum absolute atomic E-state index is 10.3. The molecule has 2 aromatic rings. The van der Waals surface area contributed by atoms with Gasteiger partial charge in [-0.25, -0.2) is 0 Å². The molecule has 0 aliphatic rings. The number of hydrogen-bond donors (Lipinski definition) is 1. The summed E-state index contributed by atoms with van der Waals surface area (Å²) in [5.41, 5.74) is 1.98. The van der Waals surface area contributed by atoms with Gasteiger partial charge in [-0.1, -0.05) is 12.1 Å². The molecule has 1 heterocycles. The molecular weight excluding hydrogens is 216 g/mol. The van der Waals surface area contributed by atoms with Crippen LogP contribution in [0, 0.1) is 0 Å². The summed E-state index contributed by atoms with van der Waals surface area (Å²) >= 11 is 0. The van der Waals surface area contributed by atoms with Crippen LogP contribution in [-0.2, 0) is 24.7 Å². The Morgan fingerprint density at radius 1 is 1.41 bits per heavy atom. The first-order valence-electron chi connectivity index (χ1n) is 5.41. The number of carbonyl (C=O) groups is 1. The van der Waals surface area contributed by atoms with Crippen LogP contribution in [0.1, 0.15) is 11.4 Å². The number of amides is 1. The number of aryl methyl sites for hydroxylation is 3. The first kappa shape index (κ1) is 11.3. The normalized spacial score (nSPS) is 10.2. The molecule has 1 aromatic carbocycles. The van der Waals surface area contributed by atoms with E-state index in [-0.39, 0.29) is 0 Å². The summed E-state index contributed by atoms with van der Waals surface area (Å²) < 4.78 is 1.91. The third-order valence-corrected chi connectivity index (χ3v) is 2.60. The summed E-state index contributed by atoms with van der Waals surface area (Å²) in [6.45, 7) is 0. The van der Waals surface area contributed by atoms with E-state index in [0.29, 0.717) is 6.41 Å². The predicted molar refractivity (Wildman–Crippen MR) is 64.5 cm³/mol. The molecule has 88 valence electrons. The molecule has 0 radical (unpaired) electrons. The Morgan fingerprint density at radius 3 is 3.00 bits per heavy atom. The molecule has 0 aliphatic carbocycles. The second kappa shape index (κ2) is 5.25. The summed E-state index contributed by atoms with van der Waals surface area (Å²) in [6.07, 6.45) is 4.09. The van der Waals surface area contributed by atoms with E-state index in [4.69, 9.17) is 0 Å². The average molecular weight is 230 g/mol. The van der Waals surface area contributed by atoms with Gasteiger partial charge in [0.1, 0.15) is 12.2 Å². The zero-order chi connectivity index (χ0) is 12.1. The van der Waals surface area contributed by atoms with E-state index in [1.54, 1.807) is 6.33 Å². The van der Waals surface area contributed by atoms with Crippen molar-refractivity contribution in [1.29, 1.82) is 0 Å². The predicted octanol–water partition coefficient (Wildman–Crippen LogP) is 1.17. The van der Waals surface area contributed by atoms with Crippen molar-refractivity contribution in [1.82, 2.24) is 14.8 Å². The third kappa shape index (κ3) is 2.90. The highest BCUT2D eigenvalue weighted by molar-refractivity contribution is 5.71. The highest BCUT2D eigenvalue weighted by Crippen LogP contribution is 2.11. The lowest BCUT2D eigenvalue weighted by molar-refractivity contribution is -0.105. The molecule has 17 heavy (non-hydrogen) atoms. The van der Waals surface area contributed by atoms with E-state index in [1.807, 2.05) is 35.9 Å². The second-order valence-corrected chi connectivity index (χ2v) is 3.82. The number of rotatable bonds is 5. The van der Waals surface area contributed by atoms with Gasteiger partial charge in [0.25, 0.3) is 0 Å². The summed E-state index contributed by atoms with van der Waals surface area (Å²) in [7, 11) is 1.93. The summed E-state index contributed by atoms with van der Waals surface area (Å²) in [4.78, 5) is 10.3. The van der Waals surface area contributed by atoms with Crippen molar-refractivity contribution in [3.05, 3.63) is 42.0 Å². The van der Waals surface area contributed by atoms with Crippen LogP contribution in [0.2, 0.25) is 0 Å². The minimum atomic E-state index is 0.682. The van der Waals surface area contributed by atoms with Crippen molar-refractivity contribution in [2.75, 3.05) is 5.32 Å². The van der Waals surface area contributed by atoms with Crippen LogP contribution in [0.4, 0.5) is 5.69 Å². The Bertz CT molecular complexity index is 507. The molecule has 5 nitrogen and oxygen atoms in total. The highest BCUT2D eigenvalue weighted by atomic mass is 16.1. The minimum Gasteiger partial charge on any atom is -0.329 e. The maximum atomic E-state index is 10.3. The lowest BCUT2D eigenvalue weighted by atomic mass is 10.1. The van der Waals surface area contributed by atoms with Crippen molar-refractivity contribution in [3.8, 4) is 0 Å². The van der Waals surface area contributed by atoms with Gasteiger partial charge in [-0.3, -0.25) is 4.79 Å². The van der Waals surface area contributed by atoms with Crippen LogP contribution in [0.25, 0.3) is 0 Å². The number of benzene rings is 1. The van der Waals surface area contributed by atoms with Crippen molar-refractivity contribution < 1.29 is 4.79 Å². The van der Waals surface area contributed by atoms with Crippen LogP contribution in [0.5, 0.6) is 0 Å². The van der Waals surface area contributed by atoms with Crippen LogP contribution >= 0.6 is 0 Å². The van der Waals surface area contributed by atoms with E-state index in [0.717, 1.165) is 24.4 Å². The molecule has 5 heteroatoms. The number of aromatic nitrogens is 3. The van der Waals surface area contributed by atoms with Crippen LogP contribution in [0.15, 0.2) is 30.6 Å². The Hall–Kier alpha value is -2.17. The van der Waals surface area contributed by atoms with Crippen molar-refractivity contribution in [3.63, 3.8) is 0 Å². The molecule has 0 saturated heterocycles. The van der Waals surface area contributed by atoms with E-state index < -0.39 is 0 Å². The third-order valence-electron chi connectivity index (χ3n) is 2.60. The molecule has 0 fully saturated rings. The summed E-state index contributed by atoms with van der Waals surface area (Å²) in [5.74, 6) is 0.957. The number of nitrogens with zero attached hydrogens (tertiary/aromatic N) is 3. The van der Waals surface area contributed by atoms with Gasteiger partial charge < -0.3 is 9.88 Å². The topological polar surface area (TPSA) is 59.8 Å². The molecule has 0 bridgehead atoms. The van der Waals surface area contributed by atoms with E-state index in [2.05, 4.69) is 15.5 Å². The van der Waals surface area contributed by atoms with E-state index in [1.165, 1.54) is 5.56 Å². The lowest BCUT2D eigenvalue weighted by Gasteiger charge is -2.04. The maximum Gasteiger partial charge on any atom is 0.211 e. The summed E-state index contributed by atoms with van der Waals surface area (Å²) in [5, 5.41) is 10.5. The van der Waals surface area contributed by atoms with Crippen LogP contribution in [0.3, 0.4) is 0 Å². The average Bonchev–Trinajstić information content (AvgIpc) is 2.73. The SMILES string of the molecule is Cn1cnnc1CCc1cccc(NC=O)c1. The molecule has 2 rings (SSSR count). The Kier molecular flexibility index (Phi) is 3.49. The fourth-order valence-electron chi connectivity index (χ4n) is 1.67. The quantitative estimate of drug-likeness (QED) is 0.784. The monoisotopic (exact) mass is 230 g/mol. The smallest absolute Gasteiger partial charge is 0.211 e. The number of nitrogens with one attached hydrogen (secondary N) is 1. The molecule has 0 saturated carbocycles. The Morgan fingerprint density at radius 2 is 2.29 bits per heavy atom. The number of anilines is 1. The molecule has 1 aromatic heterocycles. The van der Waals surface area contributed by atoms with Crippen molar-refractivity contribution in [2.45, 2.75) is 12.8 Å². The molecule has 0 atom stereocenters. The van der Waals surface area contributed by atoms with Crippen LogP contribution < -0.4 is 5.32 Å². The van der Waals surface area contributed by atoms with Crippen LogP contribution in [-0.4, -0.2) is 21.2 Å².